The van der Waals surface area contributed by atoms with Crippen molar-refractivity contribution in [3.05, 3.63) is 41.2 Å². The van der Waals surface area contributed by atoms with E-state index < -0.39 is 22.7 Å². The van der Waals surface area contributed by atoms with E-state index in [1.54, 1.807) is 18.2 Å². The van der Waals surface area contributed by atoms with Gasteiger partial charge in [0.25, 0.3) is 0 Å². The van der Waals surface area contributed by atoms with Gasteiger partial charge >= 0.3 is 0 Å². The summed E-state index contributed by atoms with van der Waals surface area (Å²) < 4.78 is 0. The fourth-order valence-corrected chi connectivity index (χ4v) is 4.68. The van der Waals surface area contributed by atoms with Gasteiger partial charge in [0.15, 0.2) is 5.78 Å². The van der Waals surface area contributed by atoms with Gasteiger partial charge in [0, 0.05) is 42.7 Å². The van der Waals surface area contributed by atoms with Crippen molar-refractivity contribution < 1.29 is 24.6 Å². The molecule has 2 aliphatic rings. The number of hydrogen-bond acceptors (Lipinski definition) is 5. The van der Waals surface area contributed by atoms with Crippen molar-refractivity contribution in [3.63, 3.8) is 0 Å². The molecule has 2 N–H and O–H groups in total. The van der Waals surface area contributed by atoms with Gasteiger partial charge in [-0.2, -0.15) is 0 Å². The molecule has 0 saturated heterocycles. The van der Waals surface area contributed by atoms with Crippen molar-refractivity contribution >= 4 is 17.3 Å². The van der Waals surface area contributed by atoms with Crippen molar-refractivity contribution in [1.29, 1.82) is 0 Å². The lowest BCUT2D eigenvalue weighted by molar-refractivity contribution is -0.140. The van der Waals surface area contributed by atoms with Crippen molar-refractivity contribution in [2.45, 2.75) is 59.3 Å². The Morgan fingerprint density at radius 1 is 0.857 bits per heavy atom. The van der Waals surface area contributed by atoms with Crippen LogP contribution in [0.5, 0.6) is 5.75 Å². The van der Waals surface area contributed by atoms with E-state index in [0.717, 1.165) is 0 Å². The highest BCUT2D eigenvalue weighted by molar-refractivity contribution is 6.09. The molecule has 0 aromatic heterocycles. The monoisotopic (exact) mass is 384 g/mol. The van der Waals surface area contributed by atoms with E-state index in [1.807, 2.05) is 27.7 Å². The molecule has 0 bridgehead atoms. The Bertz CT molecular complexity index is 855. The minimum atomic E-state index is -1.07. The first-order chi connectivity index (χ1) is 12.9. The Morgan fingerprint density at radius 3 is 1.93 bits per heavy atom. The van der Waals surface area contributed by atoms with Gasteiger partial charge in [-0.05, 0) is 16.9 Å². The van der Waals surface area contributed by atoms with E-state index in [4.69, 9.17) is 0 Å². The first-order valence-corrected chi connectivity index (χ1v) is 9.70. The first-order valence-electron chi connectivity index (χ1n) is 9.70. The number of rotatable bonds is 3. The molecule has 1 saturated carbocycles. The summed E-state index contributed by atoms with van der Waals surface area (Å²) in [5.74, 6) is -2.95. The third-order valence-corrected chi connectivity index (χ3v) is 5.81. The molecule has 5 heteroatoms. The number of benzene rings is 1. The van der Waals surface area contributed by atoms with Gasteiger partial charge < -0.3 is 10.2 Å². The predicted molar refractivity (Wildman–Crippen MR) is 105 cm³/mol. The third kappa shape index (κ3) is 3.75. The molecule has 0 radical (unpaired) electrons. The maximum Gasteiger partial charge on any atom is 0.163 e. The van der Waals surface area contributed by atoms with Crippen LogP contribution in [0.3, 0.4) is 0 Å². The van der Waals surface area contributed by atoms with E-state index in [9.17, 15) is 24.6 Å². The molecule has 1 atom stereocenters. The summed E-state index contributed by atoms with van der Waals surface area (Å²) in [5.41, 5.74) is -0.379. The SMILES string of the molecule is CC1(C)CC(=O)C([C@@H](C2=C(O)CC(C)(C)CC2=O)c2ccccc2O)C(=O)C1. The van der Waals surface area contributed by atoms with Crippen LogP contribution in [0.1, 0.15) is 64.9 Å². The topological polar surface area (TPSA) is 91.7 Å². The second-order valence-corrected chi connectivity index (χ2v) is 9.77. The fraction of sp³-hybridized carbons (Fsp3) is 0.522. The predicted octanol–water partition coefficient (Wildman–Crippen LogP) is 4.25. The molecule has 1 fully saturated rings. The molecule has 150 valence electrons. The van der Waals surface area contributed by atoms with E-state index in [1.165, 1.54) is 6.07 Å². The molecule has 0 aliphatic heterocycles. The van der Waals surface area contributed by atoms with Crippen LogP contribution < -0.4 is 0 Å². The maximum atomic E-state index is 13.0. The number of ketones is 3. The number of allylic oxidation sites excluding steroid dienone is 2. The van der Waals surface area contributed by atoms with Crippen molar-refractivity contribution in [2.24, 2.45) is 16.7 Å². The number of phenolic OH excluding ortho intramolecular Hbond substituents is 1. The Hall–Kier alpha value is -2.43. The number of Topliss-reactive ketones (excluding diaryl/α,β-unsaturated/α-hetero) is 3. The molecule has 1 aromatic carbocycles. The van der Waals surface area contributed by atoms with E-state index in [0.29, 0.717) is 12.0 Å². The zero-order valence-electron chi connectivity index (χ0n) is 16.9. The highest BCUT2D eigenvalue weighted by Gasteiger charge is 2.49. The number of carbonyl (C=O) groups is 3. The molecular formula is C23H28O5. The molecule has 0 unspecified atom stereocenters. The lowest BCUT2D eigenvalue weighted by Gasteiger charge is -2.39. The second-order valence-electron chi connectivity index (χ2n) is 9.77. The Balaban J connectivity index is 2.18. The molecule has 0 amide bonds. The Labute approximate surface area is 165 Å². The summed E-state index contributed by atoms with van der Waals surface area (Å²) in [6.45, 7) is 7.54. The molecule has 5 nitrogen and oxygen atoms in total. The van der Waals surface area contributed by atoms with E-state index in [2.05, 4.69) is 0 Å². The Kier molecular flexibility index (Phi) is 4.98. The minimum Gasteiger partial charge on any atom is -0.512 e. The van der Waals surface area contributed by atoms with Crippen molar-refractivity contribution in [1.82, 2.24) is 0 Å². The van der Waals surface area contributed by atoms with Crippen LogP contribution in [0.2, 0.25) is 0 Å². The molecular weight excluding hydrogens is 356 g/mol. The van der Waals surface area contributed by atoms with Gasteiger partial charge in [0.1, 0.15) is 23.1 Å². The molecule has 2 aliphatic carbocycles. The van der Waals surface area contributed by atoms with Gasteiger partial charge in [-0.1, -0.05) is 45.9 Å². The van der Waals surface area contributed by atoms with Crippen LogP contribution in [0.15, 0.2) is 35.6 Å². The molecule has 28 heavy (non-hydrogen) atoms. The van der Waals surface area contributed by atoms with Crippen LogP contribution in [-0.2, 0) is 14.4 Å². The zero-order chi connectivity index (χ0) is 20.9. The van der Waals surface area contributed by atoms with Gasteiger partial charge in [-0.25, -0.2) is 0 Å². The summed E-state index contributed by atoms with van der Waals surface area (Å²) in [6, 6.07) is 6.43. The maximum absolute atomic E-state index is 13.0. The van der Waals surface area contributed by atoms with Crippen LogP contribution in [0.25, 0.3) is 0 Å². The quantitative estimate of drug-likeness (QED) is 0.760. The summed E-state index contributed by atoms with van der Waals surface area (Å²) in [7, 11) is 0. The average Bonchev–Trinajstić information content (AvgIpc) is 2.50. The highest BCUT2D eigenvalue weighted by atomic mass is 16.3. The largest absolute Gasteiger partial charge is 0.512 e. The number of para-hydroxylation sites is 1. The van der Waals surface area contributed by atoms with Gasteiger partial charge in [-0.3, -0.25) is 14.4 Å². The van der Waals surface area contributed by atoms with E-state index in [-0.39, 0.29) is 53.7 Å². The van der Waals surface area contributed by atoms with E-state index >= 15 is 0 Å². The minimum absolute atomic E-state index is 0.0834. The number of aromatic hydroxyl groups is 1. The third-order valence-electron chi connectivity index (χ3n) is 5.81. The number of aliphatic hydroxyl groups is 1. The van der Waals surface area contributed by atoms with Crippen molar-refractivity contribution in [3.8, 4) is 5.75 Å². The molecule has 0 heterocycles. The van der Waals surface area contributed by atoms with Crippen LogP contribution in [0, 0.1) is 16.7 Å². The molecule has 1 aromatic rings. The van der Waals surface area contributed by atoms with Gasteiger partial charge in [-0.15, -0.1) is 0 Å². The van der Waals surface area contributed by atoms with Crippen LogP contribution >= 0.6 is 0 Å². The smallest absolute Gasteiger partial charge is 0.163 e. The number of carbonyl (C=O) groups excluding carboxylic acids is 3. The molecule has 3 rings (SSSR count). The second kappa shape index (κ2) is 6.87. The highest BCUT2D eigenvalue weighted by Crippen LogP contribution is 2.48. The summed E-state index contributed by atoms with van der Waals surface area (Å²) in [5, 5.41) is 21.2. The average molecular weight is 384 g/mol. The standard InChI is InChI=1S/C23H28O5/c1-22(2)9-15(25)20(16(26)10-22)19(13-7-5-6-8-14(13)24)21-17(27)11-23(3,4)12-18(21)28/h5-8,19-20,24,27H,9-12H2,1-4H3/t19-/m0/s1. The first kappa shape index (κ1) is 20.3. The zero-order valence-corrected chi connectivity index (χ0v) is 16.9. The summed E-state index contributed by atoms with van der Waals surface area (Å²) in [4.78, 5) is 39.0. The normalized spacial score (nSPS) is 23.8. The fourth-order valence-electron chi connectivity index (χ4n) is 4.68. The van der Waals surface area contributed by atoms with Gasteiger partial charge in [0.05, 0.1) is 5.92 Å². The van der Waals surface area contributed by atoms with Crippen LogP contribution in [0.4, 0.5) is 0 Å². The lowest BCUT2D eigenvalue weighted by Crippen LogP contribution is -2.43. The number of aliphatic hydroxyl groups excluding tert-OH is 1. The van der Waals surface area contributed by atoms with Crippen LogP contribution in [-0.4, -0.2) is 27.6 Å². The summed E-state index contributed by atoms with van der Waals surface area (Å²) in [6.07, 6.45) is 0.957. The molecule has 0 spiro atoms. The lowest BCUT2D eigenvalue weighted by atomic mass is 9.62. The van der Waals surface area contributed by atoms with Crippen molar-refractivity contribution in [2.75, 3.05) is 0 Å². The Morgan fingerprint density at radius 2 is 1.39 bits per heavy atom. The van der Waals surface area contributed by atoms with Gasteiger partial charge in [0.2, 0.25) is 0 Å². The number of phenols is 1. The summed E-state index contributed by atoms with van der Waals surface area (Å²) >= 11 is 0. The number of hydrogen-bond donors (Lipinski definition) is 2.